The van der Waals surface area contributed by atoms with Crippen molar-refractivity contribution in [2.75, 3.05) is 11.5 Å². The molecule has 0 unspecified atom stereocenters. The molecule has 2 aromatic heterocycles. The highest BCUT2D eigenvalue weighted by atomic mass is 15.2. The van der Waals surface area contributed by atoms with Crippen molar-refractivity contribution < 1.29 is 0 Å². The molecular formula is C11H10N6. The van der Waals surface area contributed by atoms with Crippen molar-refractivity contribution in [2.45, 2.75) is 0 Å². The Morgan fingerprint density at radius 2 is 1.76 bits per heavy atom. The summed E-state index contributed by atoms with van der Waals surface area (Å²) in [6.45, 7) is 0. The van der Waals surface area contributed by atoms with E-state index in [0.717, 1.165) is 11.3 Å². The van der Waals surface area contributed by atoms with E-state index in [4.69, 9.17) is 11.5 Å². The Morgan fingerprint density at radius 1 is 1.00 bits per heavy atom. The largest absolute Gasteiger partial charge is 0.383 e. The molecule has 0 aliphatic rings. The molecule has 1 aromatic carbocycles. The third-order valence-corrected chi connectivity index (χ3v) is 2.52. The summed E-state index contributed by atoms with van der Waals surface area (Å²) in [4.78, 5) is 7.97. The normalized spacial score (nSPS) is 10.8. The smallest absolute Gasteiger partial charge is 0.224 e. The molecule has 3 rings (SSSR count). The van der Waals surface area contributed by atoms with Crippen LogP contribution in [0.25, 0.3) is 22.3 Å². The predicted octanol–water partition coefficient (Wildman–Crippen LogP) is 1.18. The molecule has 0 amide bonds. The summed E-state index contributed by atoms with van der Waals surface area (Å²) >= 11 is 0. The number of aromatic nitrogens is 4. The number of aromatic amines is 1. The molecular weight excluding hydrogens is 216 g/mol. The number of nitrogens with zero attached hydrogens (tertiary/aromatic N) is 3. The number of fused-ring (bicyclic) bond motifs is 1. The number of hydrogen-bond donors (Lipinski definition) is 3. The Hall–Kier alpha value is -2.63. The number of benzene rings is 1. The van der Waals surface area contributed by atoms with Gasteiger partial charge in [-0.15, -0.1) is 0 Å². The quantitative estimate of drug-likeness (QED) is 0.577. The van der Waals surface area contributed by atoms with Gasteiger partial charge in [0.2, 0.25) is 5.95 Å². The van der Waals surface area contributed by atoms with Crippen molar-refractivity contribution >= 4 is 22.8 Å². The SMILES string of the molecule is Nc1nc(N)c2c(-c3ccccc3)[nH]nc2n1. The molecule has 5 N–H and O–H groups in total. The van der Waals surface area contributed by atoms with Crippen LogP contribution in [0.3, 0.4) is 0 Å². The number of hydrogen-bond acceptors (Lipinski definition) is 5. The van der Waals surface area contributed by atoms with Crippen LogP contribution in [0.15, 0.2) is 30.3 Å². The fourth-order valence-electron chi connectivity index (χ4n) is 1.78. The number of anilines is 2. The van der Waals surface area contributed by atoms with Gasteiger partial charge in [0.25, 0.3) is 0 Å². The maximum absolute atomic E-state index is 5.85. The van der Waals surface area contributed by atoms with Gasteiger partial charge < -0.3 is 11.5 Å². The van der Waals surface area contributed by atoms with Gasteiger partial charge in [-0.1, -0.05) is 30.3 Å². The van der Waals surface area contributed by atoms with Gasteiger partial charge >= 0.3 is 0 Å². The lowest BCUT2D eigenvalue weighted by Crippen LogP contribution is -1.99. The Kier molecular flexibility index (Phi) is 1.94. The molecule has 2 heterocycles. The maximum atomic E-state index is 5.85. The van der Waals surface area contributed by atoms with Crippen LogP contribution in [0.2, 0.25) is 0 Å². The van der Waals surface area contributed by atoms with Crippen LogP contribution >= 0.6 is 0 Å². The van der Waals surface area contributed by atoms with Crippen LogP contribution in [0, 0.1) is 0 Å². The second-order valence-electron chi connectivity index (χ2n) is 3.63. The van der Waals surface area contributed by atoms with Crippen LogP contribution in [0.5, 0.6) is 0 Å². The lowest BCUT2D eigenvalue weighted by atomic mass is 10.1. The monoisotopic (exact) mass is 226 g/mol. The zero-order chi connectivity index (χ0) is 11.8. The van der Waals surface area contributed by atoms with Crippen molar-refractivity contribution in [2.24, 2.45) is 0 Å². The summed E-state index contributed by atoms with van der Waals surface area (Å²) < 4.78 is 0. The summed E-state index contributed by atoms with van der Waals surface area (Å²) in [6.07, 6.45) is 0. The van der Waals surface area contributed by atoms with E-state index in [0.29, 0.717) is 16.9 Å². The molecule has 0 atom stereocenters. The minimum absolute atomic E-state index is 0.126. The van der Waals surface area contributed by atoms with Gasteiger partial charge in [0.05, 0.1) is 11.1 Å². The van der Waals surface area contributed by atoms with Crippen molar-refractivity contribution in [3.63, 3.8) is 0 Å². The molecule has 0 fully saturated rings. The van der Waals surface area contributed by atoms with E-state index in [1.165, 1.54) is 0 Å². The van der Waals surface area contributed by atoms with Gasteiger partial charge in [0.15, 0.2) is 5.65 Å². The molecule has 0 spiro atoms. The highest BCUT2D eigenvalue weighted by molar-refractivity contribution is 5.98. The second kappa shape index (κ2) is 3.44. The summed E-state index contributed by atoms with van der Waals surface area (Å²) in [5, 5.41) is 7.69. The Labute approximate surface area is 96.7 Å². The van der Waals surface area contributed by atoms with E-state index in [1.807, 2.05) is 30.3 Å². The maximum Gasteiger partial charge on any atom is 0.224 e. The summed E-state index contributed by atoms with van der Waals surface area (Å²) in [5.41, 5.74) is 13.6. The van der Waals surface area contributed by atoms with Crippen LogP contribution in [-0.2, 0) is 0 Å². The van der Waals surface area contributed by atoms with Crippen molar-refractivity contribution in [1.82, 2.24) is 20.2 Å². The topological polar surface area (TPSA) is 106 Å². The third kappa shape index (κ3) is 1.46. The number of rotatable bonds is 1. The molecule has 0 aliphatic carbocycles. The molecule has 6 heteroatoms. The van der Waals surface area contributed by atoms with E-state index in [1.54, 1.807) is 0 Å². The number of nitrogens with two attached hydrogens (primary N) is 2. The molecule has 0 radical (unpaired) electrons. The Balaban J connectivity index is 2.32. The first-order valence-electron chi connectivity index (χ1n) is 5.08. The van der Waals surface area contributed by atoms with E-state index in [-0.39, 0.29) is 5.95 Å². The lowest BCUT2D eigenvalue weighted by Gasteiger charge is -2.00. The molecule has 84 valence electrons. The first-order valence-corrected chi connectivity index (χ1v) is 5.08. The van der Waals surface area contributed by atoms with Gasteiger partial charge in [0.1, 0.15) is 5.82 Å². The lowest BCUT2D eigenvalue weighted by molar-refractivity contribution is 1.10. The molecule has 0 bridgehead atoms. The number of H-pyrrole nitrogens is 1. The first-order chi connectivity index (χ1) is 8.25. The fourth-order valence-corrected chi connectivity index (χ4v) is 1.78. The number of nitrogen functional groups attached to an aromatic ring is 2. The van der Waals surface area contributed by atoms with E-state index < -0.39 is 0 Å². The van der Waals surface area contributed by atoms with Crippen molar-refractivity contribution in [3.8, 4) is 11.3 Å². The first kappa shape index (κ1) is 9.59. The van der Waals surface area contributed by atoms with Gasteiger partial charge in [-0.3, -0.25) is 5.10 Å². The standard InChI is InChI=1S/C11H10N6/c12-9-7-8(6-4-2-1-3-5-6)16-17-10(7)15-11(13)14-9/h1-5H,(H5,12,13,14,15,16,17). The molecule has 0 aliphatic heterocycles. The van der Waals surface area contributed by atoms with Gasteiger partial charge in [-0.2, -0.15) is 15.1 Å². The Bertz CT molecular complexity index is 673. The van der Waals surface area contributed by atoms with Crippen molar-refractivity contribution in [3.05, 3.63) is 30.3 Å². The molecule has 17 heavy (non-hydrogen) atoms. The predicted molar refractivity (Wildman–Crippen MR) is 65.9 cm³/mol. The minimum atomic E-state index is 0.126. The summed E-state index contributed by atoms with van der Waals surface area (Å²) in [6, 6.07) is 9.75. The van der Waals surface area contributed by atoms with E-state index in [9.17, 15) is 0 Å². The molecule has 3 aromatic rings. The Morgan fingerprint density at radius 3 is 2.53 bits per heavy atom. The molecule has 6 nitrogen and oxygen atoms in total. The zero-order valence-electron chi connectivity index (χ0n) is 8.88. The number of nitrogens with one attached hydrogen (secondary N) is 1. The second-order valence-corrected chi connectivity index (χ2v) is 3.63. The fraction of sp³-hybridized carbons (Fsp3) is 0. The van der Waals surface area contributed by atoms with E-state index >= 15 is 0 Å². The van der Waals surface area contributed by atoms with Crippen LogP contribution < -0.4 is 11.5 Å². The third-order valence-electron chi connectivity index (χ3n) is 2.52. The highest BCUT2D eigenvalue weighted by Gasteiger charge is 2.13. The zero-order valence-corrected chi connectivity index (χ0v) is 8.88. The van der Waals surface area contributed by atoms with Gasteiger partial charge in [-0.25, -0.2) is 0 Å². The van der Waals surface area contributed by atoms with Gasteiger partial charge in [0, 0.05) is 5.56 Å². The summed E-state index contributed by atoms with van der Waals surface area (Å²) in [5.74, 6) is 0.459. The molecule has 0 saturated heterocycles. The van der Waals surface area contributed by atoms with Gasteiger partial charge in [-0.05, 0) is 0 Å². The minimum Gasteiger partial charge on any atom is -0.383 e. The molecule has 0 saturated carbocycles. The highest BCUT2D eigenvalue weighted by Crippen LogP contribution is 2.28. The van der Waals surface area contributed by atoms with E-state index in [2.05, 4.69) is 20.2 Å². The average Bonchev–Trinajstić information content (AvgIpc) is 2.74. The van der Waals surface area contributed by atoms with Crippen LogP contribution in [-0.4, -0.2) is 20.2 Å². The van der Waals surface area contributed by atoms with Crippen LogP contribution in [0.4, 0.5) is 11.8 Å². The average molecular weight is 226 g/mol. The van der Waals surface area contributed by atoms with Crippen LogP contribution in [0.1, 0.15) is 0 Å². The summed E-state index contributed by atoms with van der Waals surface area (Å²) in [7, 11) is 0. The van der Waals surface area contributed by atoms with Crippen molar-refractivity contribution in [1.29, 1.82) is 0 Å².